The molecule has 268 valence electrons. The topological polar surface area (TPSA) is 145 Å². The molecule has 1 aromatic heterocycles. The van der Waals surface area contributed by atoms with Crippen molar-refractivity contribution in [2.24, 2.45) is 0 Å². The van der Waals surface area contributed by atoms with E-state index in [2.05, 4.69) is 52.3 Å². The van der Waals surface area contributed by atoms with Crippen LogP contribution in [0.5, 0.6) is 6.01 Å². The minimum atomic E-state index is -0.943. The Kier molecular flexibility index (Phi) is 9.15. The number of nitrogens with zero attached hydrogens (tertiary/aromatic N) is 7. The number of carboxylic acid groups (broad SMARTS) is 1. The molecule has 1 N–H and O–H groups in total. The molecule has 0 radical (unpaired) electrons. The number of hydrogen-bond donors (Lipinski definition) is 1. The summed E-state index contributed by atoms with van der Waals surface area (Å²) in [4.78, 5) is 42.8. The highest BCUT2D eigenvalue weighted by Crippen LogP contribution is 2.44. The van der Waals surface area contributed by atoms with Gasteiger partial charge in [-0.15, -0.1) is 0 Å². The first-order valence-electron chi connectivity index (χ1n) is 17.9. The first kappa shape index (κ1) is 33.5. The van der Waals surface area contributed by atoms with E-state index in [9.17, 15) is 20.0 Å². The van der Waals surface area contributed by atoms with E-state index < -0.39 is 29.9 Å². The maximum atomic E-state index is 13.3. The minimum Gasteiger partial charge on any atom is -0.465 e. The Bertz CT molecular complexity index is 2000. The van der Waals surface area contributed by atoms with E-state index >= 15 is 0 Å². The molecule has 3 fully saturated rings. The molecule has 4 aliphatic rings. The highest BCUT2D eigenvalue weighted by molar-refractivity contribution is 5.94. The molecule has 13 nitrogen and oxygen atoms in total. The second kappa shape index (κ2) is 14.2. The molecular weight excluding hydrogens is 662 g/mol. The summed E-state index contributed by atoms with van der Waals surface area (Å²) in [7, 11) is 0. The molecule has 1 aliphatic carbocycles. The fourth-order valence-electron chi connectivity index (χ4n) is 7.68. The van der Waals surface area contributed by atoms with Crippen LogP contribution in [0.4, 0.5) is 21.1 Å². The lowest BCUT2D eigenvalue weighted by molar-refractivity contribution is -0.0786. The Balaban J connectivity index is 1.05. The first-order valence-corrected chi connectivity index (χ1v) is 17.9. The Hall–Kier alpha value is -5.61. The molecule has 2 atom stereocenters. The molecule has 8 rings (SSSR count). The van der Waals surface area contributed by atoms with Crippen LogP contribution in [0.3, 0.4) is 0 Å². The van der Waals surface area contributed by atoms with E-state index in [1.807, 2.05) is 36.4 Å². The van der Waals surface area contributed by atoms with Crippen molar-refractivity contribution in [3.8, 4) is 12.1 Å². The average Bonchev–Trinajstić information content (AvgIpc) is 3.95. The number of nitriles is 1. The highest BCUT2D eigenvalue weighted by atomic mass is 16.6. The van der Waals surface area contributed by atoms with E-state index in [4.69, 9.17) is 24.2 Å². The molecule has 52 heavy (non-hydrogen) atoms. The lowest BCUT2D eigenvalue weighted by Gasteiger charge is -2.42. The number of benzene rings is 3. The van der Waals surface area contributed by atoms with E-state index in [1.165, 1.54) is 10.3 Å². The van der Waals surface area contributed by atoms with Crippen molar-refractivity contribution in [3.05, 3.63) is 89.6 Å². The van der Waals surface area contributed by atoms with Gasteiger partial charge < -0.3 is 34.0 Å². The number of fused-ring (bicyclic) bond motifs is 2. The summed E-state index contributed by atoms with van der Waals surface area (Å²) >= 11 is 0. The Morgan fingerprint density at radius 1 is 0.962 bits per heavy atom. The van der Waals surface area contributed by atoms with Crippen LogP contribution >= 0.6 is 0 Å². The molecule has 0 bridgehead atoms. The van der Waals surface area contributed by atoms with Crippen LogP contribution in [0.1, 0.15) is 36.1 Å². The van der Waals surface area contributed by atoms with Crippen molar-refractivity contribution >= 4 is 34.5 Å². The van der Waals surface area contributed by atoms with Crippen molar-refractivity contribution in [3.63, 3.8) is 0 Å². The molecule has 0 unspecified atom stereocenters. The molecule has 3 aliphatic heterocycles. The van der Waals surface area contributed by atoms with Crippen LogP contribution < -0.4 is 14.5 Å². The van der Waals surface area contributed by atoms with Gasteiger partial charge in [0, 0.05) is 42.8 Å². The maximum Gasteiger partial charge on any atom is 0.410 e. The summed E-state index contributed by atoms with van der Waals surface area (Å²) in [6.07, 6.45) is 0.606. The van der Waals surface area contributed by atoms with Gasteiger partial charge in [-0.05, 0) is 36.3 Å². The summed E-state index contributed by atoms with van der Waals surface area (Å²) in [5, 5.41) is 21.9. The molecule has 2 saturated heterocycles. The predicted molar refractivity (Wildman–Crippen MR) is 192 cm³/mol. The third-order valence-corrected chi connectivity index (χ3v) is 10.7. The molecule has 4 aromatic rings. The lowest BCUT2D eigenvalue weighted by atomic mass is 10.0. The summed E-state index contributed by atoms with van der Waals surface area (Å²) in [6.45, 7) is 3.37. The fraction of sp³-hybridized carbons (Fsp3) is 0.410. The number of rotatable bonds is 8. The number of hydrogen-bond acceptors (Lipinski definition) is 10. The molecule has 1 spiro atoms. The van der Waals surface area contributed by atoms with Gasteiger partial charge in [-0.3, -0.25) is 4.90 Å². The minimum absolute atomic E-state index is 0.100. The van der Waals surface area contributed by atoms with Gasteiger partial charge in [0.25, 0.3) is 0 Å². The smallest absolute Gasteiger partial charge is 0.410 e. The third kappa shape index (κ3) is 6.74. The normalized spacial score (nSPS) is 20.7. The van der Waals surface area contributed by atoms with E-state index in [-0.39, 0.29) is 32.2 Å². The fourth-order valence-corrected chi connectivity index (χ4v) is 7.68. The second-order valence-corrected chi connectivity index (χ2v) is 14.0. The van der Waals surface area contributed by atoms with E-state index in [1.54, 1.807) is 4.90 Å². The monoisotopic (exact) mass is 703 g/mol. The number of aromatic nitrogens is 2. The quantitative estimate of drug-likeness (QED) is 0.258. The SMILES string of the molecule is N#CC[C@H]1CN(c2nc(OC[C@H]3CN(C(=O)O)C4(CC4)CO3)nc3c2CCN(c2cccc4ccccc24)C3)CCN1C(=O)OCc1ccccc1. The van der Waals surface area contributed by atoms with Crippen molar-refractivity contribution in [1.82, 2.24) is 19.8 Å². The first-order chi connectivity index (χ1) is 25.4. The predicted octanol–water partition coefficient (Wildman–Crippen LogP) is 5.22. The van der Waals surface area contributed by atoms with Gasteiger partial charge in [-0.1, -0.05) is 66.7 Å². The van der Waals surface area contributed by atoms with Gasteiger partial charge in [0.05, 0.1) is 49.5 Å². The van der Waals surface area contributed by atoms with Crippen LogP contribution in [0.15, 0.2) is 72.8 Å². The van der Waals surface area contributed by atoms with Gasteiger partial charge in [-0.25, -0.2) is 9.59 Å². The van der Waals surface area contributed by atoms with Crippen LogP contribution in [-0.4, -0.2) is 101 Å². The number of morpholine rings is 1. The lowest BCUT2D eigenvalue weighted by Crippen LogP contribution is -2.56. The van der Waals surface area contributed by atoms with Gasteiger partial charge in [0.15, 0.2) is 0 Å². The largest absolute Gasteiger partial charge is 0.465 e. The standard InChI is InChI=1S/C39H41N7O6/c40-17-13-29-21-44(19-20-45(29)38(49)51-24-27-7-2-1-3-8-27)35-32-14-18-43(34-12-6-10-28-9-4-5-11-31(28)34)23-33(32)41-36(42-35)50-25-30-22-46(37(47)48)39(15-16-39)26-52-30/h1-12,29-30H,13-16,18-26H2,(H,47,48)/t29-,30+/m0/s1. The molecule has 4 heterocycles. The average molecular weight is 704 g/mol. The van der Waals surface area contributed by atoms with Crippen LogP contribution in [0.2, 0.25) is 0 Å². The summed E-state index contributed by atoms with van der Waals surface area (Å²) in [5.41, 5.74) is 3.47. The number of amides is 2. The van der Waals surface area contributed by atoms with Crippen molar-refractivity contribution in [2.45, 2.75) is 56.5 Å². The number of anilines is 2. The zero-order chi connectivity index (χ0) is 35.7. The zero-order valence-corrected chi connectivity index (χ0v) is 28.9. The third-order valence-electron chi connectivity index (χ3n) is 10.7. The highest BCUT2D eigenvalue weighted by Gasteiger charge is 2.54. The maximum absolute atomic E-state index is 13.3. The van der Waals surface area contributed by atoms with Crippen LogP contribution in [0.25, 0.3) is 10.8 Å². The Labute approximate surface area is 301 Å². The van der Waals surface area contributed by atoms with Crippen LogP contribution in [-0.2, 0) is 29.0 Å². The van der Waals surface area contributed by atoms with Gasteiger partial charge in [0.1, 0.15) is 25.1 Å². The Morgan fingerprint density at radius 2 is 1.77 bits per heavy atom. The number of carbonyl (C=O) groups is 2. The molecule has 2 amide bonds. The Morgan fingerprint density at radius 3 is 2.58 bits per heavy atom. The molecule has 13 heteroatoms. The second-order valence-electron chi connectivity index (χ2n) is 14.0. The molecule has 1 saturated carbocycles. The number of carbonyl (C=O) groups excluding carboxylic acids is 1. The number of ether oxygens (including phenoxy) is 3. The zero-order valence-electron chi connectivity index (χ0n) is 28.9. The van der Waals surface area contributed by atoms with E-state index in [0.29, 0.717) is 39.2 Å². The van der Waals surface area contributed by atoms with Crippen LogP contribution in [0, 0.1) is 11.3 Å². The summed E-state index contributed by atoms with van der Waals surface area (Å²) in [5.74, 6) is 0.728. The molecule has 3 aromatic carbocycles. The number of piperazine rings is 1. The van der Waals surface area contributed by atoms with Gasteiger partial charge in [0.2, 0.25) is 0 Å². The molecular formula is C39H41N7O6. The van der Waals surface area contributed by atoms with Crippen molar-refractivity contribution in [1.29, 1.82) is 5.26 Å². The van der Waals surface area contributed by atoms with E-state index in [0.717, 1.165) is 53.1 Å². The summed E-state index contributed by atoms with van der Waals surface area (Å²) < 4.78 is 18.0. The summed E-state index contributed by atoms with van der Waals surface area (Å²) in [6, 6.07) is 26.2. The van der Waals surface area contributed by atoms with Gasteiger partial charge >= 0.3 is 18.2 Å². The van der Waals surface area contributed by atoms with Gasteiger partial charge in [-0.2, -0.15) is 15.2 Å². The van der Waals surface area contributed by atoms with Crippen molar-refractivity contribution in [2.75, 3.05) is 55.7 Å². The van der Waals surface area contributed by atoms with Crippen molar-refractivity contribution < 1.29 is 28.9 Å².